The standard InChI is InChI=1S/C13H20N2O2S/c16-7-6-15(11-3-1-4-11)10-13(17)14-9-12-5-2-8-18-12/h2,5,8,11,16H,1,3-4,6-7,9-10H2,(H,14,17). The van der Waals surface area contributed by atoms with Crippen LogP contribution in [0.2, 0.25) is 0 Å². The van der Waals surface area contributed by atoms with Crippen molar-refractivity contribution in [3.8, 4) is 0 Å². The molecule has 0 atom stereocenters. The van der Waals surface area contributed by atoms with Gasteiger partial charge in [-0.1, -0.05) is 12.5 Å². The third-order valence-electron chi connectivity index (χ3n) is 3.36. The first-order valence-electron chi connectivity index (χ1n) is 6.43. The van der Waals surface area contributed by atoms with Crippen LogP contribution >= 0.6 is 11.3 Å². The normalized spacial score (nSPS) is 15.7. The van der Waals surface area contributed by atoms with E-state index in [0.717, 1.165) is 12.8 Å². The predicted molar refractivity (Wildman–Crippen MR) is 72.5 cm³/mol. The van der Waals surface area contributed by atoms with Crippen LogP contribution in [0.3, 0.4) is 0 Å². The van der Waals surface area contributed by atoms with Gasteiger partial charge in [0.1, 0.15) is 0 Å². The third kappa shape index (κ3) is 3.80. The summed E-state index contributed by atoms with van der Waals surface area (Å²) in [6, 6.07) is 4.49. The zero-order valence-corrected chi connectivity index (χ0v) is 11.3. The number of amides is 1. The van der Waals surface area contributed by atoms with E-state index in [-0.39, 0.29) is 12.5 Å². The lowest BCUT2D eigenvalue weighted by Gasteiger charge is -2.36. The Balaban J connectivity index is 1.73. The van der Waals surface area contributed by atoms with Crippen LogP contribution in [0, 0.1) is 0 Å². The van der Waals surface area contributed by atoms with Crippen LogP contribution in [0.1, 0.15) is 24.1 Å². The fourth-order valence-corrected chi connectivity index (χ4v) is 2.75. The molecule has 2 rings (SSSR count). The Morgan fingerprint density at radius 3 is 2.94 bits per heavy atom. The van der Waals surface area contributed by atoms with Crippen LogP contribution in [-0.2, 0) is 11.3 Å². The van der Waals surface area contributed by atoms with E-state index in [1.165, 1.54) is 11.3 Å². The zero-order chi connectivity index (χ0) is 12.8. The first-order chi connectivity index (χ1) is 8.79. The third-order valence-corrected chi connectivity index (χ3v) is 4.24. The number of hydrogen-bond acceptors (Lipinski definition) is 4. The van der Waals surface area contributed by atoms with Crippen LogP contribution in [-0.4, -0.2) is 41.7 Å². The van der Waals surface area contributed by atoms with Gasteiger partial charge in [-0.05, 0) is 24.3 Å². The smallest absolute Gasteiger partial charge is 0.234 e. The SMILES string of the molecule is O=C(CN(CCO)C1CCC1)NCc1cccs1. The van der Waals surface area contributed by atoms with Gasteiger partial charge in [-0.2, -0.15) is 0 Å². The van der Waals surface area contributed by atoms with Gasteiger partial charge in [-0.3, -0.25) is 9.69 Å². The molecular weight excluding hydrogens is 248 g/mol. The maximum Gasteiger partial charge on any atom is 0.234 e. The van der Waals surface area contributed by atoms with E-state index < -0.39 is 0 Å². The molecule has 1 saturated carbocycles. The Bertz CT molecular complexity index is 363. The van der Waals surface area contributed by atoms with E-state index in [2.05, 4.69) is 10.2 Å². The molecule has 1 heterocycles. The quantitative estimate of drug-likeness (QED) is 0.781. The highest BCUT2D eigenvalue weighted by Crippen LogP contribution is 2.24. The van der Waals surface area contributed by atoms with Crippen LogP contribution in [0.5, 0.6) is 0 Å². The number of carbonyl (C=O) groups is 1. The molecule has 0 aliphatic heterocycles. The number of thiophene rings is 1. The molecule has 18 heavy (non-hydrogen) atoms. The molecule has 0 aromatic carbocycles. The molecule has 1 fully saturated rings. The fraction of sp³-hybridized carbons (Fsp3) is 0.615. The van der Waals surface area contributed by atoms with E-state index in [4.69, 9.17) is 5.11 Å². The van der Waals surface area contributed by atoms with Crippen molar-refractivity contribution < 1.29 is 9.90 Å². The molecule has 1 aromatic rings. The number of aliphatic hydroxyl groups excluding tert-OH is 1. The van der Waals surface area contributed by atoms with Crippen molar-refractivity contribution in [3.63, 3.8) is 0 Å². The lowest BCUT2D eigenvalue weighted by molar-refractivity contribution is -0.123. The van der Waals surface area contributed by atoms with E-state index in [9.17, 15) is 4.79 Å². The minimum Gasteiger partial charge on any atom is -0.395 e. The Labute approximate surface area is 112 Å². The van der Waals surface area contributed by atoms with Crippen molar-refractivity contribution in [2.75, 3.05) is 19.7 Å². The molecule has 1 aliphatic carbocycles. The second kappa shape index (κ2) is 6.87. The van der Waals surface area contributed by atoms with Crippen molar-refractivity contribution in [1.82, 2.24) is 10.2 Å². The number of nitrogens with zero attached hydrogens (tertiary/aromatic N) is 1. The first kappa shape index (κ1) is 13.5. The summed E-state index contributed by atoms with van der Waals surface area (Å²) in [4.78, 5) is 15.1. The van der Waals surface area contributed by atoms with Gasteiger partial charge in [0.25, 0.3) is 0 Å². The summed E-state index contributed by atoms with van der Waals surface area (Å²) in [5.41, 5.74) is 0. The lowest BCUT2D eigenvalue weighted by Crippen LogP contribution is -2.46. The van der Waals surface area contributed by atoms with Crippen molar-refractivity contribution >= 4 is 17.2 Å². The molecule has 0 radical (unpaired) electrons. The van der Waals surface area contributed by atoms with Gasteiger partial charge >= 0.3 is 0 Å². The Morgan fingerprint density at radius 2 is 2.39 bits per heavy atom. The molecule has 100 valence electrons. The molecular formula is C13H20N2O2S. The zero-order valence-electron chi connectivity index (χ0n) is 10.5. The molecule has 0 bridgehead atoms. The summed E-state index contributed by atoms with van der Waals surface area (Å²) in [5.74, 6) is 0.0451. The highest BCUT2D eigenvalue weighted by Gasteiger charge is 2.25. The van der Waals surface area contributed by atoms with Crippen LogP contribution < -0.4 is 5.32 Å². The van der Waals surface area contributed by atoms with Crippen LogP contribution in [0.4, 0.5) is 0 Å². The Hall–Kier alpha value is -0.910. The number of nitrogens with one attached hydrogen (secondary N) is 1. The number of carbonyl (C=O) groups excluding carboxylic acids is 1. The highest BCUT2D eigenvalue weighted by molar-refractivity contribution is 7.09. The largest absolute Gasteiger partial charge is 0.395 e. The van der Waals surface area contributed by atoms with Crippen molar-refractivity contribution in [2.24, 2.45) is 0 Å². The Kier molecular flexibility index (Phi) is 5.16. The van der Waals surface area contributed by atoms with Crippen molar-refractivity contribution in [1.29, 1.82) is 0 Å². The summed E-state index contributed by atoms with van der Waals surface area (Å²) in [5, 5.41) is 14.0. The number of hydrogen-bond donors (Lipinski definition) is 2. The minimum atomic E-state index is 0.0451. The highest BCUT2D eigenvalue weighted by atomic mass is 32.1. The maximum atomic E-state index is 11.8. The monoisotopic (exact) mass is 268 g/mol. The molecule has 0 unspecified atom stereocenters. The maximum absolute atomic E-state index is 11.8. The molecule has 4 nitrogen and oxygen atoms in total. The molecule has 1 aliphatic rings. The van der Waals surface area contributed by atoms with Crippen LogP contribution in [0.25, 0.3) is 0 Å². The van der Waals surface area contributed by atoms with Gasteiger partial charge in [0.2, 0.25) is 5.91 Å². The van der Waals surface area contributed by atoms with E-state index in [1.807, 2.05) is 17.5 Å². The molecule has 1 aromatic heterocycles. The van der Waals surface area contributed by atoms with Crippen molar-refractivity contribution in [2.45, 2.75) is 31.8 Å². The van der Waals surface area contributed by atoms with Gasteiger partial charge in [0.15, 0.2) is 0 Å². The number of aliphatic hydroxyl groups is 1. The van der Waals surface area contributed by atoms with Gasteiger partial charge in [-0.15, -0.1) is 11.3 Å². The van der Waals surface area contributed by atoms with Gasteiger partial charge in [0.05, 0.1) is 19.7 Å². The molecule has 5 heteroatoms. The van der Waals surface area contributed by atoms with Crippen molar-refractivity contribution in [3.05, 3.63) is 22.4 Å². The van der Waals surface area contributed by atoms with Gasteiger partial charge in [-0.25, -0.2) is 0 Å². The summed E-state index contributed by atoms with van der Waals surface area (Å²) >= 11 is 1.65. The van der Waals surface area contributed by atoms with E-state index in [1.54, 1.807) is 11.3 Å². The molecule has 0 spiro atoms. The fourth-order valence-electron chi connectivity index (χ4n) is 2.11. The summed E-state index contributed by atoms with van der Waals surface area (Å²) in [6.45, 7) is 1.72. The first-order valence-corrected chi connectivity index (χ1v) is 7.31. The molecule has 2 N–H and O–H groups in total. The van der Waals surface area contributed by atoms with E-state index in [0.29, 0.717) is 25.7 Å². The molecule has 0 saturated heterocycles. The van der Waals surface area contributed by atoms with Gasteiger partial charge < -0.3 is 10.4 Å². The number of rotatable bonds is 7. The average molecular weight is 268 g/mol. The Morgan fingerprint density at radius 1 is 1.56 bits per heavy atom. The van der Waals surface area contributed by atoms with Crippen LogP contribution in [0.15, 0.2) is 17.5 Å². The molecule has 1 amide bonds. The minimum absolute atomic E-state index is 0.0451. The summed E-state index contributed by atoms with van der Waals surface area (Å²) < 4.78 is 0. The second-order valence-electron chi connectivity index (χ2n) is 4.63. The van der Waals surface area contributed by atoms with Gasteiger partial charge in [0, 0.05) is 17.5 Å². The average Bonchev–Trinajstić information content (AvgIpc) is 2.77. The van der Waals surface area contributed by atoms with E-state index >= 15 is 0 Å². The predicted octanol–water partition coefficient (Wildman–Crippen LogP) is 1.21. The topological polar surface area (TPSA) is 52.6 Å². The lowest BCUT2D eigenvalue weighted by atomic mass is 9.91. The second-order valence-corrected chi connectivity index (χ2v) is 5.67. The summed E-state index contributed by atoms with van der Waals surface area (Å²) in [6.07, 6.45) is 3.54. The summed E-state index contributed by atoms with van der Waals surface area (Å²) in [7, 11) is 0.